The van der Waals surface area contributed by atoms with Crippen molar-refractivity contribution in [2.75, 3.05) is 39.3 Å². The topological polar surface area (TPSA) is 26.7 Å². The third kappa shape index (κ3) is 4.13. The molecule has 0 aromatic heterocycles. The van der Waals surface area contributed by atoms with Gasteiger partial charge < -0.3 is 5.11 Å². The lowest BCUT2D eigenvalue weighted by Gasteiger charge is -2.39. The van der Waals surface area contributed by atoms with Crippen molar-refractivity contribution in [2.45, 2.75) is 42.0 Å². The Morgan fingerprint density at radius 2 is 1.86 bits per heavy atom. The van der Waals surface area contributed by atoms with E-state index in [1.165, 1.54) is 21.6 Å². The van der Waals surface area contributed by atoms with Crippen molar-refractivity contribution >= 4 is 11.8 Å². The maximum absolute atomic E-state index is 13.9. The summed E-state index contributed by atoms with van der Waals surface area (Å²) in [5.41, 5.74) is 3.97. The van der Waals surface area contributed by atoms with Gasteiger partial charge in [0, 0.05) is 48.6 Å². The highest BCUT2D eigenvalue weighted by Gasteiger charge is 2.30. The lowest BCUT2D eigenvalue weighted by atomic mass is 9.93. The first-order chi connectivity index (χ1) is 13.5. The van der Waals surface area contributed by atoms with Crippen molar-refractivity contribution in [1.29, 1.82) is 0 Å². The van der Waals surface area contributed by atoms with E-state index in [0.717, 1.165) is 44.0 Å². The molecule has 0 bridgehead atoms. The first-order valence-corrected chi connectivity index (χ1v) is 11.0. The van der Waals surface area contributed by atoms with Crippen LogP contribution in [0.5, 0.6) is 0 Å². The SMILES string of the molecule is CC(C)c1ccc2c(c1)[C@H](N1CCN(CCO)CC1)Cc1ccc(F)cc1S2. The molecular formula is C23H29FN2OS. The largest absolute Gasteiger partial charge is 0.395 e. The average molecular weight is 401 g/mol. The molecule has 0 spiro atoms. The number of hydrogen-bond donors (Lipinski definition) is 1. The zero-order chi connectivity index (χ0) is 19.7. The molecule has 0 amide bonds. The maximum atomic E-state index is 13.9. The summed E-state index contributed by atoms with van der Waals surface area (Å²) in [7, 11) is 0. The molecule has 1 N–H and O–H groups in total. The van der Waals surface area contributed by atoms with Crippen LogP contribution in [0.15, 0.2) is 46.2 Å². The van der Waals surface area contributed by atoms with Crippen molar-refractivity contribution in [3.05, 3.63) is 58.9 Å². The Bertz CT molecular complexity index is 833. The van der Waals surface area contributed by atoms with E-state index in [0.29, 0.717) is 12.0 Å². The van der Waals surface area contributed by atoms with E-state index in [1.54, 1.807) is 23.9 Å². The molecule has 0 unspecified atom stereocenters. The van der Waals surface area contributed by atoms with Crippen LogP contribution in [-0.2, 0) is 6.42 Å². The Balaban J connectivity index is 1.70. The molecule has 28 heavy (non-hydrogen) atoms. The molecule has 2 heterocycles. The first-order valence-electron chi connectivity index (χ1n) is 10.2. The predicted molar refractivity (Wildman–Crippen MR) is 113 cm³/mol. The van der Waals surface area contributed by atoms with Gasteiger partial charge in [-0.3, -0.25) is 9.80 Å². The van der Waals surface area contributed by atoms with E-state index in [-0.39, 0.29) is 12.4 Å². The van der Waals surface area contributed by atoms with Gasteiger partial charge >= 0.3 is 0 Å². The summed E-state index contributed by atoms with van der Waals surface area (Å²) < 4.78 is 13.9. The van der Waals surface area contributed by atoms with Crippen LogP contribution in [0.25, 0.3) is 0 Å². The second-order valence-electron chi connectivity index (χ2n) is 8.13. The molecule has 150 valence electrons. The van der Waals surface area contributed by atoms with Crippen LogP contribution in [0.2, 0.25) is 0 Å². The van der Waals surface area contributed by atoms with Crippen molar-refractivity contribution in [3.63, 3.8) is 0 Å². The summed E-state index contributed by atoms with van der Waals surface area (Å²) in [5, 5.41) is 9.23. The van der Waals surface area contributed by atoms with Gasteiger partial charge in [0.1, 0.15) is 5.82 Å². The molecule has 5 heteroatoms. The molecule has 2 aliphatic rings. The fourth-order valence-electron chi connectivity index (χ4n) is 4.27. The minimum absolute atomic E-state index is 0.164. The van der Waals surface area contributed by atoms with Gasteiger partial charge in [-0.05, 0) is 47.2 Å². The number of aliphatic hydroxyl groups is 1. The highest BCUT2D eigenvalue weighted by Crippen LogP contribution is 2.44. The summed E-state index contributed by atoms with van der Waals surface area (Å²) in [4.78, 5) is 7.20. The number of benzene rings is 2. The predicted octanol–water partition coefficient (Wildman–Crippen LogP) is 4.31. The molecule has 1 saturated heterocycles. The van der Waals surface area contributed by atoms with Crippen LogP contribution >= 0.6 is 11.8 Å². The number of halogens is 1. The lowest BCUT2D eigenvalue weighted by Crippen LogP contribution is -2.48. The molecule has 0 radical (unpaired) electrons. The molecular weight excluding hydrogens is 371 g/mol. The second-order valence-corrected chi connectivity index (χ2v) is 9.21. The number of piperazine rings is 1. The number of aliphatic hydroxyl groups excluding tert-OH is 1. The fraction of sp³-hybridized carbons (Fsp3) is 0.478. The van der Waals surface area contributed by atoms with Crippen molar-refractivity contribution in [3.8, 4) is 0 Å². The van der Waals surface area contributed by atoms with Gasteiger partial charge in [0.05, 0.1) is 6.61 Å². The van der Waals surface area contributed by atoms with E-state index in [4.69, 9.17) is 0 Å². The van der Waals surface area contributed by atoms with Crippen LogP contribution in [0.4, 0.5) is 4.39 Å². The van der Waals surface area contributed by atoms with E-state index in [9.17, 15) is 9.50 Å². The molecule has 1 fully saturated rings. The van der Waals surface area contributed by atoms with Crippen molar-refractivity contribution < 1.29 is 9.50 Å². The monoisotopic (exact) mass is 400 g/mol. The zero-order valence-corrected chi connectivity index (χ0v) is 17.5. The summed E-state index contributed by atoms with van der Waals surface area (Å²) in [6, 6.07) is 12.4. The zero-order valence-electron chi connectivity index (χ0n) is 16.7. The number of rotatable bonds is 4. The quantitative estimate of drug-likeness (QED) is 0.827. The number of hydrogen-bond acceptors (Lipinski definition) is 4. The highest BCUT2D eigenvalue weighted by molar-refractivity contribution is 7.99. The summed E-state index contributed by atoms with van der Waals surface area (Å²) in [6.45, 7) is 9.41. The van der Waals surface area contributed by atoms with E-state index in [1.807, 2.05) is 6.07 Å². The average Bonchev–Trinajstić information content (AvgIpc) is 2.84. The van der Waals surface area contributed by atoms with Gasteiger partial charge in [0.2, 0.25) is 0 Å². The van der Waals surface area contributed by atoms with Gasteiger partial charge in [0.25, 0.3) is 0 Å². The van der Waals surface area contributed by atoms with Gasteiger partial charge in [-0.2, -0.15) is 0 Å². The summed E-state index contributed by atoms with van der Waals surface area (Å²) in [6.07, 6.45) is 0.914. The van der Waals surface area contributed by atoms with E-state index >= 15 is 0 Å². The highest BCUT2D eigenvalue weighted by atomic mass is 32.2. The molecule has 1 atom stereocenters. The number of β-amino-alcohol motifs (C(OH)–C–C–N with tert-alkyl or cyclic N) is 1. The summed E-state index contributed by atoms with van der Waals surface area (Å²) >= 11 is 1.70. The molecule has 4 rings (SSSR count). The lowest BCUT2D eigenvalue weighted by molar-refractivity contribution is 0.0823. The molecule has 3 nitrogen and oxygen atoms in total. The third-order valence-electron chi connectivity index (χ3n) is 5.99. The third-order valence-corrected chi connectivity index (χ3v) is 7.18. The van der Waals surface area contributed by atoms with Crippen molar-refractivity contribution in [2.24, 2.45) is 0 Å². The van der Waals surface area contributed by atoms with Crippen molar-refractivity contribution in [1.82, 2.24) is 9.80 Å². The fourth-order valence-corrected chi connectivity index (χ4v) is 5.41. The Morgan fingerprint density at radius 3 is 2.57 bits per heavy atom. The van der Waals surface area contributed by atoms with Gasteiger partial charge in [-0.15, -0.1) is 0 Å². The Morgan fingerprint density at radius 1 is 1.07 bits per heavy atom. The van der Waals surface area contributed by atoms with Crippen LogP contribution in [0.3, 0.4) is 0 Å². The Labute approximate surface area is 171 Å². The van der Waals surface area contributed by atoms with Gasteiger partial charge in [-0.1, -0.05) is 43.8 Å². The summed E-state index contributed by atoms with van der Waals surface area (Å²) in [5.74, 6) is 0.322. The van der Waals surface area contributed by atoms with Gasteiger partial charge in [-0.25, -0.2) is 4.39 Å². The Hall–Kier alpha value is -1.40. The second kappa shape index (κ2) is 8.54. The van der Waals surface area contributed by atoms with Crippen LogP contribution in [0, 0.1) is 5.82 Å². The van der Waals surface area contributed by atoms with E-state index in [2.05, 4.69) is 41.8 Å². The van der Waals surface area contributed by atoms with Crippen LogP contribution in [-0.4, -0.2) is 54.2 Å². The molecule has 2 aromatic rings. The Kier molecular flexibility index (Phi) is 6.07. The number of nitrogens with zero attached hydrogens (tertiary/aromatic N) is 2. The molecule has 2 aromatic carbocycles. The van der Waals surface area contributed by atoms with Crippen LogP contribution < -0.4 is 0 Å². The van der Waals surface area contributed by atoms with Gasteiger partial charge in [0.15, 0.2) is 0 Å². The molecule has 2 aliphatic heterocycles. The van der Waals surface area contributed by atoms with Crippen LogP contribution in [0.1, 0.15) is 42.5 Å². The molecule has 0 aliphatic carbocycles. The minimum Gasteiger partial charge on any atom is -0.395 e. The molecule has 0 saturated carbocycles. The normalized spacial score (nSPS) is 20.7. The minimum atomic E-state index is -0.164. The standard InChI is InChI=1S/C23H29FN2OS/c1-16(2)17-4-6-22-20(13-17)21(26-9-7-25(8-10-26)11-12-27)14-18-3-5-19(24)15-23(18)28-22/h3-6,13,15-16,21,27H,7-12,14H2,1-2H3/t21-/m1/s1. The van der Waals surface area contributed by atoms with E-state index < -0.39 is 0 Å². The smallest absolute Gasteiger partial charge is 0.124 e. The maximum Gasteiger partial charge on any atom is 0.124 e. The first kappa shape index (κ1) is 19.9. The number of fused-ring (bicyclic) bond motifs is 2.